The van der Waals surface area contributed by atoms with E-state index in [1.807, 2.05) is 6.92 Å². The predicted molar refractivity (Wildman–Crippen MR) is 51.5 cm³/mol. The molecule has 0 bridgehead atoms. The van der Waals surface area contributed by atoms with Gasteiger partial charge in [-0.15, -0.1) is 0 Å². The molecule has 2 amide bonds. The zero-order chi connectivity index (χ0) is 10.3. The van der Waals surface area contributed by atoms with Crippen molar-refractivity contribution in [2.24, 2.45) is 5.92 Å². The molecule has 1 heterocycles. The highest BCUT2D eigenvalue weighted by molar-refractivity contribution is 5.97. The van der Waals surface area contributed by atoms with Gasteiger partial charge in [0.1, 0.15) is 12.1 Å². The fraction of sp³-hybridized carbons (Fsp3) is 0.800. The minimum absolute atomic E-state index is 0.0291. The average molecular weight is 196 g/mol. The van der Waals surface area contributed by atoms with Gasteiger partial charge in [0.15, 0.2) is 0 Å². The Hall–Kier alpha value is -1.06. The molecule has 4 heteroatoms. The molecule has 78 valence electrons. The van der Waals surface area contributed by atoms with Crippen LogP contribution in [0.2, 0.25) is 0 Å². The van der Waals surface area contributed by atoms with Gasteiger partial charge in [-0.2, -0.15) is 0 Å². The molecule has 2 fully saturated rings. The van der Waals surface area contributed by atoms with E-state index in [1.165, 1.54) is 0 Å². The largest absolute Gasteiger partial charge is 0.343 e. The predicted octanol–water partition coefficient (Wildman–Crippen LogP) is 0.132. The van der Waals surface area contributed by atoms with Gasteiger partial charge in [0, 0.05) is 7.05 Å². The van der Waals surface area contributed by atoms with Crippen molar-refractivity contribution in [3.63, 3.8) is 0 Å². The molecule has 0 radical (unpaired) electrons. The van der Waals surface area contributed by atoms with Crippen molar-refractivity contribution >= 4 is 11.8 Å². The van der Waals surface area contributed by atoms with Gasteiger partial charge in [0.2, 0.25) is 11.8 Å². The van der Waals surface area contributed by atoms with Crippen molar-refractivity contribution in [1.29, 1.82) is 0 Å². The van der Waals surface area contributed by atoms with Crippen LogP contribution in [0.3, 0.4) is 0 Å². The second-order valence-electron chi connectivity index (χ2n) is 4.20. The monoisotopic (exact) mass is 196 g/mol. The van der Waals surface area contributed by atoms with E-state index in [-0.39, 0.29) is 23.9 Å². The third kappa shape index (κ3) is 1.38. The number of carbonyl (C=O) groups is 2. The highest BCUT2D eigenvalue weighted by Crippen LogP contribution is 2.36. The number of hydrogen-bond acceptors (Lipinski definition) is 2. The number of carbonyl (C=O) groups excluding carboxylic acids is 2. The summed E-state index contributed by atoms with van der Waals surface area (Å²) in [5, 5.41) is 2.79. The van der Waals surface area contributed by atoms with Crippen molar-refractivity contribution in [2.45, 2.75) is 38.3 Å². The van der Waals surface area contributed by atoms with Gasteiger partial charge in [-0.1, -0.05) is 6.92 Å². The van der Waals surface area contributed by atoms with Crippen LogP contribution in [0.25, 0.3) is 0 Å². The first-order chi connectivity index (χ1) is 6.65. The Morgan fingerprint density at radius 1 is 1.43 bits per heavy atom. The van der Waals surface area contributed by atoms with Gasteiger partial charge in [-0.3, -0.25) is 9.59 Å². The Bertz CT molecular complexity index is 273. The SMILES string of the molecule is CCC1NC(=O)C(C2CC2)N(C)C1=O. The summed E-state index contributed by atoms with van der Waals surface area (Å²) >= 11 is 0. The van der Waals surface area contributed by atoms with E-state index >= 15 is 0 Å². The standard InChI is InChI=1S/C10H16N2O2/c1-3-7-10(14)12(2)8(6-4-5-6)9(13)11-7/h6-8H,3-5H2,1-2H3,(H,11,13). The molecular weight excluding hydrogens is 180 g/mol. The highest BCUT2D eigenvalue weighted by Gasteiger charge is 2.45. The van der Waals surface area contributed by atoms with E-state index in [0.717, 1.165) is 12.8 Å². The Morgan fingerprint density at radius 2 is 2.07 bits per heavy atom. The summed E-state index contributed by atoms with van der Waals surface area (Å²) in [6.45, 7) is 1.91. The molecule has 1 saturated carbocycles. The fourth-order valence-electron chi connectivity index (χ4n) is 2.10. The number of nitrogens with one attached hydrogen (secondary N) is 1. The van der Waals surface area contributed by atoms with Crippen LogP contribution in [0.15, 0.2) is 0 Å². The van der Waals surface area contributed by atoms with Gasteiger partial charge < -0.3 is 10.2 Å². The first kappa shape index (κ1) is 9.49. The second-order valence-corrected chi connectivity index (χ2v) is 4.20. The summed E-state index contributed by atoms with van der Waals surface area (Å²) < 4.78 is 0. The first-order valence-corrected chi connectivity index (χ1v) is 5.22. The second kappa shape index (κ2) is 3.26. The number of hydrogen-bond donors (Lipinski definition) is 1. The van der Waals surface area contributed by atoms with Crippen LogP contribution < -0.4 is 5.32 Å². The molecular formula is C10H16N2O2. The lowest BCUT2D eigenvalue weighted by Crippen LogP contribution is -2.62. The summed E-state index contributed by atoms with van der Waals surface area (Å²) in [6.07, 6.45) is 2.82. The average Bonchev–Trinajstić information content (AvgIpc) is 2.95. The molecule has 4 nitrogen and oxygen atoms in total. The molecule has 0 aromatic heterocycles. The van der Waals surface area contributed by atoms with Crippen molar-refractivity contribution in [3.05, 3.63) is 0 Å². The third-order valence-corrected chi connectivity index (χ3v) is 3.12. The number of piperazine rings is 1. The molecule has 0 spiro atoms. The molecule has 2 atom stereocenters. The van der Waals surface area contributed by atoms with Gasteiger partial charge in [0.25, 0.3) is 0 Å². The van der Waals surface area contributed by atoms with Gasteiger partial charge >= 0.3 is 0 Å². The summed E-state index contributed by atoms with van der Waals surface area (Å²) in [5.74, 6) is 0.493. The summed E-state index contributed by atoms with van der Waals surface area (Å²) in [4.78, 5) is 25.1. The van der Waals surface area contributed by atoms with Crippen LogP contribution in [0.4, 0.5) is 0 Å². The molecule has 1 saturated heterocycles. The van der Waals surface area contributed by atoms with Gasteiger partial charge in [0.05, 0.1) is 0 Å². The molecule has 0 aromatic rings. The van der Waals surface area contributed by atoms with Crippen LogP contribution in [0.5, 0.6) is 0 Å². The lowest BCUT2D eigenvalue weighted by Gasteiger charge is -2.36. The van der Waals surface area contributed by atoms with E-state index in [4.69, 9.17) is 0 Å². The maximum atomic E-state index is 11.8. The number of likely N-dealkylation sites (N-methyl/N-ethyl adjacent to an activating group) is 1. The lowest BCUT2D eigenvalue weighted by molar-refractivity contribution is -0.148. The quantitative estimate of drug-likeness (QED) is 0.682. The Kier molecular flexibility index (Phi) is 2.21. The molecule has 2 rings (SSSR count). The fourth-order valence-corrected chi connectivity index (χ4v) is 2.10. The van der Waals surface area contributed by atoms with E-state index in [2.05, 4.69) is 5.32 Å². The summed E-state index contributed by atoms with van der Waals surface area (Å²) in [7, 11) is 1.74. The van der Waals surface area contributed by atoms with Crippen LogP contribution in [0, 0.1) is 5.92 Å². The van der Waals surface area contributed by atoms with Crippen molar-refractivity contribution in [3.8, 4) is 0 Å². The highest BCUT2D eigenvalue weighted by atomic mass is 16.2. The van der Waals surface area contributed by atoms with Crippen molar-refractivity contribution in [2.75, 3.05) is 7.05 Å². The molecule has 1 N–H and O–H groups in total. The lowest BCUT2D eigenvalue weighted by atomic mass is 10.0. The minimum Gasteiger partial charge on any atom is -0.343 e. The summed E-state index contributed by atoms with van der Waals surface area (Å²) in [5.41, 5.74) is 0. The van der Waals surface area contributed by atoms with Crippen LogP contribution in [-0.4, -0.2) is 35.8 Å². The first-order valence-electron chi connectivity index (χ1n) is 5.22. The maximum absolute atomic E-state index is 11.8. The number of rotatable bonds is 2. The topological polar surface area (TPSA) is 49.4 Å². The van der Waals surface area contributed by atoms with E-state index < -0.39 is 0 Å². The van der Waals surface area contributed by atoms with E-state index in [9.17, 15) is 9.59 Å². The third-order valence-electron chi connectivity index (χ3n) is 3.12. The smallest absolute Gasteiger partial charge is 0.245 e. The van der Waals surface area contributed by atoms with Gasteiger partial charge in [-0.25, -0.2) is 0 Å². The van der Waals surface area contributed by atoms with Crippen LogP contribution >= 0.6 is 0 Å². The zero-order valence-corrected chi connectivity index (χ0v) is 8.62. The summed E-state index contributed by atoms with van der Waals surface area (Å²) in [6, 6.07) is -0.507. The van der Waals surface area contributed by atoms with Crippen molar-refractivity contribution < 1.29 is 9.59 Å². The molecule has 2 unspecified atom stereocenters. The van der Waals surface area contributed by atoms with Crippen LogP contribution in [-0.2, 0) is 9.59 Å². The molecule has 1 aliphatic carbocycles. The molecule has 14 heavy (non-hydrogen) atoms. The Balaban J connectivity index is 2.14. The number of nitrogens with zero attached hydrogens (tertiary/aromatic N) is 1. The van der Waals surface area contributed by atoms with Gasteiger partial charge in [-0.05, 0) is 25.2 Å². The Morgan fingerprint density at radius 3 is 2.57 bits per heavy atom. The number of amides is 2. The van der Waals surface area contributed by atoms with Crippen LogP contribution in [0.1, 0.15) is 26.2 Å². The van der Waals surface area contributed by atoms with E-state index in [0.29, 0.717) is 12.3 Å². The normalized spacial score (nSPS) is 33.1. The van der Waals surface area contributed by atoms with E-state index in [1.54, 1.807) is 11.9 Å². The minimum atomic E-state index is -0.303. The zero-order valence-electron chi connectivity index (χ0n) is 8.62. The maximum Gasteiger partial charge on any atom is 0.245 e. The molecule has 0 aromatic carbocycles. The molecule has 1 aliphatic heterocycles. The molecule has 2 aliphatic rings. The van der Waals surface area contributed by atoms with Crippen molar-refractivity contribution in [1.82, 2.24) is 10.2 Å². The Labute approximate surface area is 83.6 Å².